The van der Waals surface area contributed by atoms with Crippen molar-refractivity contribution in [2.24, 2.45) is 5.92 Å². The highest BCUT2D eigenvalue weighted by molar-refractivity contribution is 5.97. The first-order chi connectivity index (χ1) is 9.49. The zero-order valence-corrected chi connectivity index (χ0v) is 12.9. The first-order valence-corrected chi connectivity index (χ1v) is 7.64. The lowest BCUT2D eigenvalue weighted by molar-refractivity contribution is -0.154. The Hall–Kier alpha value is -1.10. The van der Waals surface area contributed by atoms with Gasteiger partial charge in [0.25, 0.3) is 0 Å². The van der Waals surface area contributed by atoms with Crippen LogP contribution in [0.15, 0.2) is 0 Å². The van der Waals surface area contributed by atoms with Crippen molar-refractivity contribution in [3.05, 3.63) is 0 Å². The summed E-state index contributed by atoms with van der Waals surface area (Å²) in [5.74, 6) is 0.193. The van der Waals surface area contributed by atoms with Crippen LogP contribution >= 0.6 is 0 Å². The summed E-state index contributed by atoms with van der Waals surface area (Å²) in [4.78, 5) is 26.9. The Kier molecular flexibility index (Phi) is 4.68. The summed E-state index contributed by atoms with van der Waals surface area (Å²) in [6.07, 6.45) is 3.60. The molecule has 0 aromatic carbocycles. The zero-order chi connectivity index (χ0) is 14.9. The van der Waals surface area contributed by atoms with Crippen molar-refractivity contribution in [3.63, 3.8) is 0 Å². The number of methoxy groups -OCH3 is 1. The number of amides is 2. The Morgan fingerprint density at radius 3 is 2.55 bits per heavy atom. The van der Waals surface area contributed by atoms with E-state index in [1.165, 1.54) is 0 Å². The average molecular weight is 282 g/mol. The number of nitrogens with one attached hydrogen (secondary N) is 1. The molecule has 4 unspecified atom stereocenters. The van der Waals surface area contributed by atoms with E-state index < -0.39 is 0 Å². The van der Waals surface area contributed by atoms with Crippen molar-refractivity contribution < 1.29 is 14.3 Å². The topological polar surface area (TPSA) is 58.6 Å². The predicted octanol–water partition coefficient (Wildman–Crippen LogP) is 1.32. The number of piperazine rings is 1. The SMILES string of the molecule is CCC1NC(=O)C(C(C)C)N(C2CCC(OC)C2)C1=O. The van der Waals surface area contributed by atoms with Gasteiger partial charge in [-0.2, -0.15) is 0 Å². The Labute approximate surface area is 121 Å². The van der Waals surface area contributed by atoms with Crippen LogP contribution in [0.3, 0.4) is 0 Å². The summed E-state index contributed by atoms with van der Waals surface area (Å²) in [5.41, 5.74) is 0. The molecular weight excluding hydrogens is 256 g/mol. The van der Waals surface area contributed by atoms with E-state index in [9.17, 15) is 9.59 Å². The van der Waals surface area contributed by atoms with Gasteiger partial charge in [-0.1, -0.05) is 20.8 Å². The molecule has 0 radical (unpaired) electrons. The molecule has 2 aliphatic rings. The van der Waals surface area contributed by atoms with Gasteiger partial charge in [-0.25, -0.2) is 0 Å². The molecule has 1 aliphatic heterocycles. The molecule has 0 aromatic heterocycles. The number of ether oxygens (including phenoxy) is 1. The monoisotopic (exact) mass is 282 g/mol. The smallest absolute Gasteiger partial charge is 0.246 e. The van der Waals surface area contributed by atoms with E-state index in [2.05, 4.69) is 5.32 Å². The second kappa shape index (κ2) is 6.12. The highest BCUT2D eigenvalue weighted by Crippen LogP contribution is 2.31. The van der Waals surface area contributed by atoms with E-state index in [1.807, 2.05) is 25.7 Å². The minimum absolute atomic E-state index is 0.00711. The predicted molar refractivity (Wildman–Crippen MR) is 76.1 cm³/mol. The standard InChI is InChI=1S/C15H26N2O3/c1-5-12-15(19)17(10-6-7-11(8-10)20-4)13(9(2)3)14(18)16-12/h9-13H,5-8H2,1-4H3,(H,16,18). The van der Waals surface area contributed by atoms with Gasteiger partial charge in [0.05, 0.1) is 6.10 Å². The van der Waals surface area contributed by atoms with Gasteiger partial charge in [-0.15, -0.1) is 0 Å². The minimum Gasteiger partial charge on any atom is -0.381 e. The second-order valence-electron chi connectivity index (χ2n) is 6.23. The summed E-state index contributed by atoms with van der Waals surface area (Å²) in [6.45, 7) is 5.93. The molecule has 20 heavy (non-hydrogen) atoms. The van der Waals surface area contributed by atoms with Gasteiger partial charge >= 0.3 is 0 Å². The van der Waals surface area contributed by atoms with Crippen LogP contribution in [0.25, 0.3) is 0 Å². The second-order valence-corrected chi connectivity index (χ2v) is 6.23. The molecule has 4 atom stereocenters. The lowest BCUT2D eigenvalue weighted by Crippen LogP contribution is -2.66. The van der Waals surface area contributed by atoms with E-state index in [4.69, 9.17) is 4.74 Å². The third kappa shape index (κ3) is 2.68. The van der Waals surface area contributed by atoms with Crippen molar-refractivity contribution in [2.75, 3.05) is 7.11 Å². The van der Waals surface area contributed by atoms with E-state index in [0.29, 0.717) is 6.42 Å². The van der Waals surface area contributed by atoms with Crippen LogP contribution in [-0.2, 0) is 14.3 Å². The maximum Gasteiger partial charge on any atom is 0.246 e. The van der Waals surface area contributed by atoms with Gasteiger partial charge in [-0.05, 0) is 31.6 Å². The summed E-state index contributed by atoms with van der Waals surface area (Å²) in [5, 5.41) is 2.86. The minimum atomic E-state index is -0.362. The van der Waals surface area contributed by atoms with E-state index in [1.54, 1.807) is 7.11 Å². The first kappa shape index (κ1) is 15.3. The van der Waals surface area contributed by atoms with Gasteiger partial charge in [0.15, 0.2) is 0 Å². The van der Waals surface area contributed by atoms with Gasteiger partial charge < -0.3 is 15.0 Å². The van der Waals surface area contributed by atoms with E-state index in [-0.39, 0.29) is 42.0 Å². The van der Waals surface area contributed by atoms with Crippen molar-refractivity contribution >= 4 is 11.8 Å². The fourth-order valence-corrected chi connectivity index (χ4v) is 3.45. The molecule has 5 nitrogen and oxygen atoms in total. The number of hydrogen-bond donors (Lipinski definition) is 1. The Morgan fingerprint density at radius 1 is 1.35 bits per heavy atom. The molecular formula is C15H26N2O3. The highest BCUT2D eigenvalue weighted by atomic mass is 16.5. The lowest BCUT2D eigenvalue weighted by Gasteiger charge is -2.44. The third-order valence-corrected chi connectivity index (χ3v) is 4.56. The molecule has 0 spiro atoms. The van der Waals surface area contributed by atoms with Gasteiger partial charge in [-0.3, -0.25) is 9.59 Å². The van der Waals surface area contributed by atoms with Gasteiger partial charge in [0.2, 0.25) is 11.8 Å². The molecule has 5 heteroatoms. The molecule has 1 aliphatic carbocycles. The van der Waals surface area contributed by atoms with Crippen LogP contribution in [0.4, 0.5) is 0 Å². The Morgan fingerprint density at radius 2 is 2.05 bits per heavy atom. The highest BCUT2D eigenvalue weighted by Gasteiger charge is 2.46. The van der Waals surface area contributed by atoms with Crippen LogP contribution in [0.2, 0.25) is 0 Å². The summed E-state index contributed by atoms with van der Waals surface area (Å²) < 4.78 is 5.40. The molecule has 1 N–H and O–H groups in total. The van der Waals surface area contributed by atoms with Gasteiger partial charge in [0.1, 0.15) is 12.1 Å². The Bertz CT molecular complexity index is 383. The van der Waals surface area contributed by atoms with Crippen molar-refractivity contribution in [1.82, 2.24) is 10.2 Å². The van der Waals surface area contributed by atoms with Crippen LogP contribution < -0.4 is 5.32 Å². The normalized spacial score (nSPS) is 34.8. The molecule has 0 aromatic rings. The fraction of sp³-hybridized carbons (Fsp3) is 0.867. The number of carbonyl (C=O) groups excluding carboxylic acids is 2. The maximum atomic E-state index is 12.7. The van der Waals surface area contributed by atoms with Crippen LogP contribution in [0.1, 0.15) is 46.5 Å². The molecule has 1 saturated heterocycles. The lowest BCUT2D eigenvalue weighted by atomic mass is 9.94. The maximum absolute atomic E-state index is 12.7. The van der Waals surface area contributed by atoms with E-state index in [0.717, 1.165) is 19.3 Å². The molecule has 2 fully saturated rings. The molecule has 2 amide bonds. The van der Waals surface area contributed by atoms with Crippen molar-refractivity contribution in [3.8, 4) is 0 Å². The third-order valence-electron chi connectivity index (χ3n) is 4.56. The van der Waals surface area contributed by atoms with E-state index >= 15 is 0 Å². The Balaban J connectivity index is 2.23. The average Bonchev–Trinajstić information content (AvgIpc) is 2.88. The molecule has 1 saturated carbocycles. The number of nitrogens with zero attached hydrogens (tertiary/aromatic N) is 1. The number of carbonyl (C=O) groups is 2. The zero-order valence-electron chi connectivity index (χ0n) is 12.9. The largest absolute Gasteiger partial charge is 0.381 e. The molecule has 1 heterocycles. The summed E-state index contributed by atoms with van der Waals surface area (Å²) in [7, 11) is 1.71. The van der Waals surface area contributed by atoms with Crippen LogP contribution in [0.5, 0.6) is 0 Å². The van der Waals surface area contributed by atoms with Crippen LogP contribution in [-0.4, -0.2) is 48.1 Å². The fourth-order valence-electron chi connectivity index (χ4n) is 3.45. The van der Waals surface area contributed by atoms with Crippen LogP contribution in [0, 0.1) is 5.92 Å². The summed E-state index contributed by atoms with van der Waals surface area (Å²) in [6, 6.07) is -0.565. The van der Waals surface area contributed by atoms with Crippen molar-refractivity contribution in [1.29, 1.82) is 0 Å². The molecule has 0 bridgehead atoms. The van der Waals surface area contributed by atoms with Crippen molar-refractivity contribution in [2.45, 2.75) is 70.7 Å². The summed E-state index contributed by atoms with van der Waals surface area (Å²) >= 11 is 0. The molecule has 2 rings (SSSR count). The number of hydrogen-bond acceptors (Lipinski definition) is 3. The van der Waals surface area contributed by atoms with Gasteiger partial charge in [0, 0.05) is 13.2 Å². The number of rotatable bonds is 4. The quantitative estimate of drug-likeness (QED) is 0.846. The first-order valence-electron chi connectivity index (χ1n) is 7.64. The molecule has 114 valence electrons.